The van der Waals surface area contributed by atoms with E-state index in [0.717, 1.165) is 25.9 Å². The average molecular weight is 296 g/mol. The Morgan fingerprint density at radius 3 is 2.52 bits per heavy atom. The van der Waals surface area contributed by atoms with Gasteiger partial charge in [0.2, 0.25) is 0 Å². The van der Waals surface area contributed by atoms with E-state index in [9.17, 15) is 0 Å². The summed E-state index contributed by atoms with van der Waals surface area (Å²) < 4.78 is 23.5. The summed E-state index contributed by atoms with van der Waals surface area (Å²) >= 11 is 0. The molecule has 0 N–H and O–H groups in total. The van der Waals surface area contributed by atoms with Gasteiger partial charge in [-0.15, -0.1) is 0 Å². The van der Waals surface area contributed by atoms with E-state index >= 15 is 0 Å². The minimum Gasteiger partial charge on any atom is -0.379 e. The minimum absolute atomic E-state index is 0.0375. The lowest BCUT2D eigenvalue weighted by atomic mass is 9.68. The lowest BCUT2D eigenvalue weighted by Crippen LogP contribution is -2.55. The van der Waals surface area contributed by atoms with Gasteiger partial charge < -0.3 is 18.9 Å². The Kier molecular flexibility index (Phi) is 3.93. The molecule has 2 aliphatic heterocycles. The fraction of sp³-hybridized carbons (Fsp3) is 0.882. The van der Waals surface area contributed by atoms with Gasteiger partial charge in [-0.3, -0.25) is 0 Å². The predicted molar refractivity (Wildman–Crippen MR) is 80.3 cm³/mol. The van der Waals surface area contributed by atoms with Crippen LogP contribution in [0.2, 0.25) is 0 Å². The lowest BCUT2D eigenvalue weighted by Gasteiger charge is -2.42. The van der Waals surface area contributed by atoms with Gasteiger partial charge in [0.25, 0.3) is 0 Å². The zero-order chi connectivity index (χ0) is 15.3. The second-order valence-corrected chi connectivity index (χ2v) is 7.15. The maximum Gasteiger partial charge on any atom is 0.101 e. The second kappa shape index (κ2) is 5.34. The number of methoxy groups -OCH3 is 2. The van der Waals surface area contributed by atoms with E-state index in [1.54, 1.807) is 14.2 Å². The normalized spacial score (nSPS) is 48.2. The molecule has 3 fully saturated rings. The first-order valence-electron chi connectivity index (χ1n) is 7.97. The molecule has 0 amide bonds. The maximum absolute atomic E-state index is 6.13. The van der Waals surface area contributed by atoms with Crippen molar-refractivity contribution in [1.82, 2.24) is 0 Å². The van der Waals surface area contributed by atoms with Gasteiger partial charge in [-0.2, -0.15) is 0 Å². The topological polar surface area (TPSA) is 43.5 Å². The molecular formula is C17H28O4. The van der Waals surface area contributed by atoms with Crippen LogP contribution in [0.15, 0.2) is 11.6 Å². The second-order valence-electron chi connectivity index (χ2n) is 7.15. The quantitative estimate of drug-likeness (QED) is 0.578. The molecule has 1 saturated carbocycles. The van der Waals surface area contributed by atoms with E-state index in [1.165, 1.54) is 5.57 Å². The van der Waals surface area contributed by atoms with Gasteiger partial charge in [-0.05, 0) is 40.0 Å². The average Bonchev–Trinajstić information content (AvgIpc) is 3.35. The van der Waals surface area contributed by atoms with Gasteiger partial charge in [0, 0.05) is 14.2 Å². The predicted octanol–water partition coefficient (Wildman–Crippen LogP) is 2.71. The van der Waals surface area contributed by atoms with Gasteiger partial charge >= 0.3 is 0 Å². The maximum atomic E-state index is 6.13. The minimum atomic E-state index is -0.152. The summed E-state index contributed by atoms with van der Waals surface area (Å²) in [7, 11) is 3.55. The highest BCUT2D eigenvalue weighted by molar-refractivity contribution is 5.20. The molecule has 0 aromatic carbocycles. The van der Waals surface area contributed by atoms with E-state index in [-0.39, 0.29) is 35.4 Å². The monoisotopic (exact) mass is 296 g/mol. The van der Waals surface area contributed by atoms with Gasteiger partial charge in [-0.1, -0.05) is 11.6 Å². The lowest BCUT2D eigenvalue weighted by molar-refractivity contribution is -0.128. The van der Waals surface area contributed by atoms with E-state index in [0.29, 0.717) is 0 Å². The molecule has 4 nitrogen and oxygen atoms in total. The standard InChI is InChI=1S/C17H28O4/c1-11(2)6-7-13-16(3,21-13)15-14(19-5)12(18-4)8-9-17(15)10-20-17/h6,12-15H,7-10H2,1-5H3/t12?,13?,14?,15?,16?,17-/m0/s1. The Bertz CT molecular complexity index is 425. The number of hydrogen-bond donors (Lipinski definition) is 0. The fourth-order valence-electron chi connectivity index (χ4n) is 4.20. The smallest absolute Gasteiger partial charge is 0.101 e. The van der Waals surface area contributed by atoms with Crippen LogP contribution in [0.4, 0.5) is 0 Å². The summed E-state index contributed by atoms with van der Waals surface area (Å²) in [6.45, 7) is 7.31. The molecule has 0 radical (unpaired) electrons. The van der Waals surface area contributed by atoms with E-state index in [4.69, 9.17) is 18.9 Å². The van der Waals surface area contributed by atoms with Gasteiger partial charge in [0.05, 0.1) is 36.4 Å². The number of allylic oxidation sites excluding steroid dienone is 1. The zero-order valence-corrected chi connectivity index (χ0v) is 13.8. The van der Waals surface area contributed by atoms with Crippen molar-refractivity contribution in [3.05, 3.63) is 11.6 Å². The van der Waals surface area contributed by atoms with E-state index in [1.807, 2.05) is 0 Å². The van der Waals surface area contributed by atoms with Gasteiger partial charge in [0.1, 0.15) is 5.60 Å². The fourth-order valence-corrected chi connectivity index (χ4v) is 4.20. The molecule has 21 heavy (non-hydrogen) atoms. The first-order chi connectivity index (χ1) is 9.97. The van der Waals surface area contributed by atoms with Crippen molar-refractivity contribution in [3.63, 3.8) is 0 Å². The highest BCUT2D eigenvalue weighted by Crippen LogP contribution is 2.59. The van der Waals surface area contributed by atoms with Gasteiger partial charge in [0.15, 0.2) is 0 Å². The van der Waals surface area contributed by atoms with Crippen LogP contribution in [-0.2, 0) is 18.9 Å². The van der Waals surface area contributed by atoms with Crippen molar-refractivity contribution in [2.75, 3.05) is 20.8 Å². The summed E-state index contributed by atoms with van der Waals surface area (Å²) in [6, 6.07) is 0. The van der Waals surface area contributed by atoms with Crippen molar-refractivity contribution in [3.8, 4) is 0 Å². The van der Waals surface area contributed by atoms with Crippen molar-refractivity contribution < 1.29 is 18.9 Å². The summed E-state index contributed by atoms with van der Waals surface area (Å²) in [5.41, 5.74) is 1.15. The molecule has 5 unspecified atom stereocenters. The Labute approximate surface area is 127 Å². The molecule has 0 aromatic rings. The molecule has 0 bridgehead atoms. The molecule has 2 saturated heterocycles. The molecule has 1 spiro atoms. The van der Waals surface area contributed by atoms with Crippen molar-refractivity contribution in [1.29, 1.82) is 0 Å². The molecule has 1 aliphatic carbocycles. The summed E-state index contributed by atoms with van der Waals surface area (Å²) in [6.07, 6.45) is 5.73. The SMILES string of the molecule is COC1CC[C@]2(CO2)C(C2(C)OC2CC=C(C)C)C1OC. The third-order valence-corrected chi connectivity index (χ3v) is 5.54. The van der Waals surface area contributed by atoms with Crippen molar-refractivity contribution >= 4 is 0 Å². The Morgan fingerprint density at radius 1 is 1.29 bits per heavy atom. The first-order valence-corrected chi connectivity index (χ1v) is 7.97. The first kappa shape index (κ1) is 15.5. The molecule has 2 heterocycles. The highest BCUT2D eigenvalue weighted by atomic mass is 16.6. The largest absolute Gasteiger partial charge is 0.379 e. The Hall–Kier alpha value is -0.420. The molecule has 6 atom stereocenters. The Balaban J connectivity index is 1.79. The molecule has 3 aliphatic rings. The summed E-state index contributed by atoms with van der Waals surface area (Å²) in [5.74, 6) is 0.254. The van der Waals surface area contributed by atoms with Crippen molar-refractivity contribution in [2.24, 2.45) is 5.92 Å². The van der Waals surface area contributed by atoms with Crippen LogP contribution in [0.25, 0.3) is 0 Å². The van der Waals surface area contributed by atoms with Crippen molar-refractivity contribution in [2.45, 2.75) is 69.5 Å². The van der Waals surface area contributed by atoms with Crippen LogP contribution in [0, 0.1) is 5.92 Å². The van der Waals surface area contributed by atoms with Crippen LogP contribution < -0.4 is 0 Å². The zero-order valence-electron chi connectivity index (χ0n) is 13.8. The van der Waals surface area contributed by atoms with Crippen LogP contribution in [-0.4, -0.2) is 50.3 Å². The molecule has 3 rings (SSSR count). The summed E-state index contributed by atoms with van der Waals surface area (Å²) in [5, 5.41) is 0. The van der Waals surface area contributed by atoms with Crippen LogP contribution in [0.1, 0.15) is 40.0 Å². The molecule has 120 valence electrons. The molecular weight excluding hydrogens is 268 g/mol. The van der Waals surface area contributed by atoms with Gasteiger partial charge in [-0.25, -0.2) is 0 Å². The van der Waals surface area contributed by atoms with Crippen LogP contribution in [0.3, 0.4) is 0 Å². The Morgan fingerprint density at radius 2 is 2.00 bits per heavy atom. The third kappa shape index (κ3) is 2.56. The summed E-state index contributed by atoms with van der Waals surface area (Å²) in [4.78, 5) is 0. The van der Waals surface area contributed by atoms with Crippen LogP contribution in [0.5, 0.6) is 0 Å². The number of rotatable bonds is 5. The molecule has 0 aromatic heterocycles. The van der Waals surface area contributed by atoms with E-state index in [2.05, 4.69) is 26.8 Å². The number of hydrogen-bond acceptors (Lipinski definition) is 4. The number of epoxide rings is 2. The van der Waals surface area contributed by atoms with Crippen LogP contribution >= 0.6 is 0 Å². The third-order valence-electron chi connectivity index (χ3n) is 5.54. The number of ether oxygens (including phenoxy) is 4. The highest BCUT2D eigenvalue weighted by Gasteiger charge is 2.71. The molecule has 4 heteroatoms. The van der Waals surface area contributed by atoms with E-state index < -0.39 is 0 Å².